The average Bonchev–Trinajstić information content (AvgIpc) is 2.34. The van der Waals surface area contributed by atoms with Gasteiger partial charge in [-0.05, 0) is 24.5 Å². The van der Waals surface area contributed by atoms with Crippen molar-refractivity contribution >= 4 is 5.69 Å². The Labute approximate surface area is 99.2 Å². The van der Waals surface area contributed by atoms with Crippen molar-refractivity contribution < 1.29 is 14.8 Å². The molecule has 0 bridgehead atoms. The molecule has 1 atom stereocenters. The molecule has 1 aromatic rings. The van der Waals surface area contributed by atoms with Crippen LogP contribution in [0.5, 0.6) is 5.75 Å². The number of nitrogens with two attached hydrogens (primary N) is 1. The van der Waals surface area contributed by atoms with E-state index in [2.05, 4.69) is 0 Å². The Morgan fingerprint density at radius 2 is 2.29 bits per heavy atom. The lowest BCUT2D eigenvalue weighted by molar-refractivity contribution is -0.385. The topological polar surface area (TPSA) is 98.6 Å². The molecule has 0 heterocycles. The number of nitro benzene ring substituents is 1. The number of benzene rings is 1. The summed E-state index contributed by atoms with van der Waals surface area (Å²) in [5, 5.41) is 19.5. The highest BCUT2D eigenvalue weighted by Gasteiger charge is 2.17. The number of methoxy groups -OCH3 is 1. The average molecular weight is 240 g/mol. The first-order chi connectivity index (χ1) is 8.10. The summed E-state index contributed by atoms with van der Waals surface area (Å²) in [4.78, 5) is 10.3. The smallest absolute Gasteiger partial charge is 0.311 e. The number of hydrogen-bond donors (Lipinski definition) is 2. The number of hydrogen-bond acceptors (Lipinski definition) is 5. The third kappa shape index (κ3) is 3.40. The van der Waals surface area contributed by atoms with Crippen LogP contribution in [0, 0.1) is 10.1 Å². The van der Waals surface area contributed by atoms with E-state index in [1.807, 2.05) is 0 Å². The molecule has 0 amide bonds. The summed E-state index contributed by atoms with van der Waals surface area (Å²) in [5.41, 5.74) is 6.45. The predicted molar refractivity (Wildman–Crippen MR) is 62.9 cm³/mol. The van der Waals surface area contributed by atoms with Crippen molar-refractivity contribution in [1.82, 2.24) is 0 Å². The monoisotopic (exact) mass is 240 g/mol. The van der Waals surface area contributed by atoms with Gasteiger partial charge < -0.3 is 15.6 Å². The number of nitro groups is 1. The molecule has 17 heavy (non-hydrogen) atoms. The molecule has 0 aromatic heterocycles. The molecule has 3 N–H and O–H groups in total. The van der Waals surface area contributed by atoms with Crippen LogP contribution in [-0.4, -0.2) is 23.7 Å². The van der Waals surface area contributed by atoms with Crippen molar-refractivity contribution in [3.05, 3.63) is 33.9 Å². The second kappa shape index (κ2) is 6.17. The highest BCUT2D eigenvalue weighted by Crippen LogP contribution is 2.30. The van der Waals surface area contributed by atoms with Crippen molar-refractivity contribution in [2.75, 3.05) is 13.7 Å². The van der Waals surface area contributed by atoms with Crippen molar-refractivity contribution in [2.24, 2.45) is 5.73 Å². The van der Waals surface area contributed by atoms with E-state index in [-0.39, 0.29) is 24.1 Å². The van der Waals surface area contributed by atoms with E-state index in [4.69, 9.17) is 15.6 Å². The van der Waals surface area contributed by atoms with Crippen LogP contribution in [-0.2, 0) is 0 Å². The predicted octanol–water partition coefficient (Wildman–Crippen LogP) is 1.38. The van der Waals surface area contributed by atoms with E-state index >= 15 is 0 Å². The van der Waals surface area contributed by atoms with Crippen LogP contribution in [0.15, 0.2) is 18.2 Å². The van der Waals surface area contributed by atoms with Crippen LogP contribution < -0.4 is 10.5 Å². The Bertz CT molecular complexity index is 395. The molecule has 0 aliphatic carbocycles. The molecule has 6 heteroatoms. The van der Waals surface area contributed by atoms with E-state index in [1.165, 1.54) is 19.2 Å². The zero-order valence-corrected chi connectivity index (χ0v) is 9.63. The lowest BCUT2D eigenvalue weighted by Gasteiger charge is -2.11. The van der Waals surface area contributed by atoms with Gasteiger partial charge in [0.1, 0.15) is 0 Å². The minimum Gasteiger partial charge on any atom is -0.490 e. The molecule has 6 nitrogen and oxygen atoms in total. The maximum atomic E-state index is 10.8. The van der Waals surface area contributed by atoms with E-state index in [0.29, 0.717) is 18.4 Å². The lowest BCUT2D eigenvalue weighted by atomic mass is 10.0. The van der Waals surface area contributed by atoms with Crippen LogP contribution in [0.4, 0.5) is 5.69 Å². The van der Waals surface area contributed by atoms with Gasteiger partial charge in [0.2, 0.25) is 0 Å². The second-order valence-electron chi connectivity index (χ2n) is 3.66. The van der Waals surface area contributed by atoms with Gasteiger partial charge in [0.25, 0.3) is 0 Å². The summed E-state index contributed by atoms with van der Waals surface area (Å²) in [5.74, 6) is 0.216. The van der Waals surface area contributed by atoms with Crippen LogP contribution >= 0.6 is 0 Å². The maximum Gasteiger partial charge on any atom is 0.311 e. The van der Waals surface area contributed by atoms with Gasteiger partial charge in [-0.1, -0.05) is 6.07 Å². The first-order valence-electron chi connectivity index (χ1n) is 5.29. The van der Waals surface area contributed by atoms with Crippen molar-refractivity contribution in [1.29, 1.82) is 0 Å². The van der Waals surface area contributed by atoms with Crippen LogP contribution in [0.25, 0.3) is 0 Å². The molecule has 0 aliphatic heterocycles. The van der Waals surface area contributed by atoms with Gasteiger partial charge in [0, 0.05) is 18.7 Å². The highest BCUT2D eigenvalue weighted by atomic mass is 16.6. The Morgan fingerprint density at radius 3 is 2.82 bits per heavy atom. The number of aliphatic hydroxyl groups is 1. The van der Waals surface area contributed by atoms with Crippen molar-refractivity contribution in [3.8, 4) is 5.75 Å². The largest absolute Gasteiger partial charge is 0.490 e. The summed E-state index contributed by atoms with van der Waals surface area (Å²) in [6.45, 7) is 0.0615. The maximum absolute atomic E-state index is 10.8. The number of aliphatic hydroxyl groups excluding tert-OH is 1. The number of rotatable bonds is 6. The molecule has 94 valence electrons. The number of nitrogens with zero attached hydrogens (tertiary/aromatic N) is 1. The SMILES string of the molecule is COc1ccc([C@H](N)CCCO)cc1[N+](=O)[O-]. The normalized spacial score (nSPS) is 12.2. The fourth-order valence-corrected chi connectivity index (χ4v) is 1.56. The number of ether oxygens (including phenoxy) is 1. The quantitative estimate of drug-likeness (QED) is 0.578. The molecule has 0 saturated carbocycles. The molecule has 0 fully saturated rings. The van der Waals surface area contributed by atoms with Gasteiger partial charge in [-0.15, -0.1) is 0 Å². The minimum absolute atomic E-state index is 0.0615. The summed E-state index contributed by atoms with van der Waals surface area (Å²) >= 11 is 0. The van der Waals surface area contributed by atoms with Gasteiger partial charge >= 0.3 is 5.69 Å². The molecule has 1 rings (SSSR count). The summed E-state index contributed by atoms with van der Waals surface area (Å²) < 4.78 is 4.90. The summed E-state index contributed by atoms with van der Waals surface area (Å²) in [7, 11) is 1.38. The molecule has 0 aliphatic rings. The Hall–Kier alpha value is -1.66. The third-order valence-corrected chi connectivity index (χ3v) is 2.50. The Morgan fingerprint density at radius 1 is 1.59 bits per heavy atom. The lowest BCUT2D eigenvalue weighted by Crippen LogP contribution is -2.11. The van der Waals surface area contributed by atoms with Gasteiger partial charge in [-0.25, -0.2) is 0 Å². The molecule has 0 saturated heterocycles. The zero-order chi connectivity index (χ0) is 12.8. The minimum atomic E-state index is -0.499. The fraction of sp³-hybridized carbons (Fsp3) is 0.455. The molecule has 0 spiro atoms. The standard InChI is InChI=1S/C11H16N2O4/c1-17-11-5-4-8(7-10(11)13(15)16)9(12)3-2-6-14/h4-5,7,9,14H,2-3,6,12H2,1H3/t9-/m1/s1. The van der Waals surface area contributed by atoms with Crippen LogP contribution in [0.3, 0.4) is 0 Å². The molecule has 0 unspecified atom stereocenters. The van der Waals surface area contributed by atoms with E-state index in [0.717, 1.165) is 0 Å². The zero-order valence-electron chi connectivity index (χ0n) is 9.63. The van der Waals surface area contributed by atoms with E-state index < -0.39 is 4.92 Å². The third-order valence-electron chi connectivity index (χ3n) is 2.50. The first-order valence-corrected chi connectivity index (χ1v) is 5.29. The molecule has 0 radical (unpaired) electrons. The van der Waals surface area contributed by atoms with Gasteiger partial charge in [0.05, 0.1) is 12.0 Å². The fourth-order valence-electron chi connectivity index (χ4n) is 1.56. The van der Waals surface area contributed by atoms with Crippen LogP contribution in [0.2, 0.25) is 0 Å². The van der Waals surface area contributed by atoms with Gasteiger partial charge in [-0.2, -0.15) is 0 Å². The van der Waals surface area contributed by atoms with Crippen molar-refractivity contribution in [3.63, 3.8) is 0 Å². The summed E-state index contributed by atoms with van der Waals surface area (Å²) in [6, 6.07) is 4.34. The van der Waals surface area contributed by atoms with Crippen LogP contribution in [0.1, 0.15) is 24.4 Å². The Balaban J connectivity index is 2.95. The molecular formula is C11H16N2O4. The first kappa shape index (κ1) is 13.4. The second-order valence-corrected chi connectivity index (χ2v) is 3.66. The van der Waals surface area contributed by atoms with E-state index in [9.17, 15) is 10.1 Å². The summed E-state index contributed by atoms with van der Waals surface area (Å²) in [6.07, 6.45) is 1.15. The Kier molecular flexibility index (Phi) is 4.86. The molecular weight excluding hydrogens is 224 g/mol. The highest BCUT2D eigenvalue weighted by molar-refractivity contribution is 5.49. The van der Waals surface area contributed by atoms with Crippen molar-refractivity contribution in [2.45, 2.75) is 18.9 Å². The van der Waals surface area contributed by atoms with Gasteiger partial charge in [-0.3, -0.25) is 10.1 Å². The van der Waals surface area contributed by atoms with E-state index in [1.54, 1.807) is 6.07 Å². The molecule has 1 aromatic carbocycles. The van der Waals surface area contributed by atoms with Gasteiger partial charge in [0.15, 0.2) is 5.75 Å².